The monoisotopic (exact) mass is 318 g/mol. The summed E-state index contributed by atoms with van der Waals surface area (Å²) in [6.07, 6.45) is -1.39. The Bertz CT molecular complexity index is 557. The van der Waals surface area contributed by atoms with Crippen molar-refractivity contribution in [2.24, 2.45) is 5.92 Å². The standard InChI is InChI=1S/C15H14F4OS/c16-13-11(2-1-3-12(13)15(17,18)19)14(20)8-6-9-4-5-10(7-8)21-9/h1-3,8-10H,4-7H2. The van der Waals surface area contributed by atoms with E-state index in [0.29, 0.717) is 29.4 Å². The Morgan fingerprint density at radius 1 is 1.14 bits per heavy atom. The Kier molecular flexibility index (Phi) is 3.76. The van der Waals surface area contributed by atoms with Gasteiger partial charge in [0.2, 0.25) is 0 Å². The van der Waals surface area contributed by atoms with E-state index in [0.717, 1.165) is 25.0 Å². The number of carbonyl (C=O) groups excluding carboxylic acids is 1. The molecule has 1 aromatic carbocycles. The molecule has 2 aliphatic rings. The van der Waals surface area contributed by atoms with Crippen molar-refractivity contribution in [1.82, 2.24) is 0 Å². The van der Waals surface area contributed by atoms with Crippen LogP contribution in [0, 0.1) is 11.7 Å². The minimum Gasteiger partial charge on any atom is -0.294 e. The van der Waals surface area contributed by atoms with Gasteiger partial charge in [-0.25, -0.2) is 4.39 Å². The molecule has 1 nitrogen and oxygen atoms in total. The van der Waals surface area contributed by atoms with Crippen molar-refractivity contribution in [2.45, 2.75) is 42.4 Å². The number of alkyl halides is 3. The molecule has 3 rings (SSSR count). The van der Waals surface area contributed by atoms with Crippen molar-refractivity contribution in [2.75, 3.05) is 0 Å². The summed E-state index contributed by atoms with van der Waals surface area (Å²) in [6.45, 7) is 0. The second-order valence-corrected chi connectivity index (χ2v) is 7.26. The van der Waals surface area contributed by atoms with Crippen LogP contribution in [0.4, 0.5) is 17.6 Å². The fraction of sp³-hybridized carbons (Fsp3) is 0.533. The van der Waals surface area contributed by atoms with E-state index in [2.05, 4.69) is 0 Å². The van der Waals surface area contributed by atoms with Crippen molar-refractivity contribution in [3.63, 3.8) is 0 Å². The van der Waals surface area contributed by atoms with Gasteiger partial charge in [-0.2, -0.15) is 24.9 Å². The first-order valence-corrected chi connectivity index (χ1v) is 7.86. The number of fused-ring (bicyclic) bond motifs is 2. The van der Waals surface area contributed by atoms with Gasteiger partial charge >= 0.3 is 6.18 Å². The molecule has 0 radical (unpaired) electrons. The van der Waals surface area contributed by atoms with Crippen LogP contribution in [0.1, 0.15) is 41.6 Å². The van der Waals surface area contributed by atoms with Crippen LogP contribution >= 0.6 is 11.8 Å². The zero-order valence-electron chi connectivity index (χ0n) is 11.1. The average Bonchev–Trinajstić information content (AvgIpc) is 2.75. The van der Waals surface area contributed by atoms with E-state index < -0.39 is 28.9 Å². The third-order valence-corrected chi connectivity index (χ3v) is 5.86. The fourth-order valence-electron chi connectivity index (χ4n) is 3.23. The molecule has 114 valence electrons. The van der Waals surface area contributed by atoms with Crippen molar-refractivity contribution in [3.05, 3.63) is 35.1 Å². The molecule has 1 aromatic rings. The molecule has 2 heterocycles. The molecule has 0 aromatic heterocycles. The van der Waals surface area contributed by atoms with E-state index in [1.165, 1.54) is 0 Å². The second kappa shape index (κ2) is 5.30. The van der Waals surface area contributed by atoms with Crippen molar-refractivity contribution in [3.8, 4) is 0 Å². The summed E-state index contributed by atoms with van der Waals surface area (Å²) in [5.74, 6) is -2.25. The highest BCUT2D eigenvalue weighted by Gasteiger charge is 2.40. The highest BCUT2D eigenvalue weighted by Crippen LogP contribution is 2.47. The number of hydrogen-bond acceptors (Lipinski definition) is 2. The number of rotatable bonds is 2. The van der Waals surface area contributed by atoms with Crippen LogP contribution in [-0.4, -0.2) is 16.3 Å². The van der Waals surface area contributed by atoms with Gasteiger partial charge < -0.3 is 0 Å². The van der Waals surface area contributed by atoms with Gasteiger partial charge in [0, 0.05) is 16.4 Å². The zero-order valence-corrected chi connectivity index (χ0v) is 11.9. The molecule has 2 saturated heterocycles. The summed E-state index contributed by atoms with van der Waals surface area (Å²) >= 11 is 1.85. The van der Waals surface area contributed by atoms with E-state index in [4.69, 9.17) is 0 Å². The lowest BCUT2D eigenvalue weighted by Crippen LogP contribution is -2.26. The average molecular weight is 318 g/mol. The van der Waals surface area contributed by atoms with E-state index in [9.17, 15) is 22.4 Å². The third-order valence-electron chi connectivity index (χ3n) is 4.23. The number of Topliss-reactive ketones (excluding diaryl/α,β-unsaturated/α-hetero) is 1. The molecule has 2 bridgehead atoms. The Balaban J connectivity index is 1.88. The molecule has 21 heavy (non-hydrogen) atoms. The Hall–Kier alpha value is -1.04. The Labute approximate surface area is 124 Å². The third kappa shape index (κ3) is 2.82. The molecular formula is C15H14F4OS. The highest BCUT2D eigenvalue weighted by atomic mass is 32.2. The maximum atomic E-state index is 14.0. The summed E-state index contributed by atoms with van der Waals surface area (Å²) in [4.78, 5) is 12.4. The fourth-order valence-corrected chi connectivity index (χ4v) is 5.01. The van der Waals surface area contributed by atoms with E-state index >= 15 is 0 Å². The van der Waals surface area contributed by atoms with Gasteiger partial charge in [-0.05, 0) is 37.8 Å². The molecule has 2 atom stereocenters. The molecular weight excluding hydrogens is 304 g/mol. The Morgan fingerprint density at radius 3 is 2.33 bits per heavy atom. The lowest BCUT2D eigenvalue weighted by Gasteiger charge is -2.26. The summed E-state index contributed by atoms with van der Waals surface area (Å²) in [5, 5.41) is 0.790. The predicted molar refractivity (Wildman–Crippen MR) is 72.9 cm³/mol. The minimum absolute atomic E-state index is 0.346. The molecule has 0 aliphatic carbocycles. The summed E-state index contributed by atoms with van der Waals surface area (Å²) in [6, 6.07) is 2.94. The van der Waals surface area contributed by atoms with Gasteiger partial charge in [0.15, 0.2) is 5.78 Å². The largest absolute Gasteiger partial charge is 0.419 e. The van der Waals surface area contributed by atoms with Crippen LogP contribution in [0.2, 0.25) is 0 Å². The normalized spacial score (nSPS) is 28.7. The van der Waals surface area contributed by atoms with Gasteiger partial charge in [0.1, 0.15) is 5.82 Å². The maximum absolute atomic E-state index is 14.0. The first-order chi connectivity index (χ1) is 9.86. The van der Waals surface area contributed by atoms with Crippen LogP contribution < -0.4 is 0 Å². The zero-order chi connectivity index (χ0) is 15.2. The lowest BCUT2D eigenvalue weighted by molar-refractivity contribution is -0.140. The molecule has 2 fully saturated rings. The van der Waals surface area contributed by atoms with Gasteiger partial charge in [-0.3, -0.25) is 4.79 Å². The molecule has 0 N–H and O–H groups in total. The number of hydrogen-bond donors (Lipinski definition) is 0. The maximum Gasteiger partial charge on any atom is 0.419 e. The quantitative estimate of drug-likeness (QED) is 0.581. The molecule has 0 saturated carbocycles. The van der Waals surface area contributed by atoms with E-state index in [-0.39, 0.29) is 5.92 Å². The van der Waals surface area contributed by atoms with Crippen molar-refractivity contribution >= 4 is 17.5 Å². The SMILES string of the molecule is O=C(c1cccc(C(F)(F)F)c1F)C1CC2CCC(C1)S2. The van der Waals surface area contributed by atoms with Crippen molar-refractivity contribution < 1.29 is 22.4 Å². The van der Waals surface area contributed by atoms with E-state index in [1.54, 1.807) is 0 Å². The molecule has 6 heteroatoms. The van der Waals surface area contributed by atoms with Crippen LogP contribution in [0.3, 0.4) is 0 Å². The molecule has 2 aliphatic heterocycles. The van der Waals surface area contributed by atoms with Crippen LogP contribution in [0.5, 0.6) is 0 Å². The first-order valence-electron chi connectivity index (χ1n) is 6.91. The molecule has 0 amide bonds. The molecule has 2 unspecified atom stereocenters. The smallest absolute Gasteiger partial charge is 0.294 e. The van der Waals surface area contributed by atoms with E-state index in [1.807, 2.05) is 11.8 Å². The van der Waals surface area contributed by atoms with Gasteiger partial charge in [0.25, 0.3) is 0 Å². The second-order valence-electron chi connectivity index (χ2n) is 5.65. The molecule has 0 spiro atoms. The highest BCUT2D eigenvalue weighted by molar-refractivity contribution is 8.00. The predicted octanol–water partition coefficient (Wildman–Crippen LogP) is 4.70. The van der Waals surface area contributed by atoms with Crippen molar-refractivity contribution in [1.29, 1.82) is 0 Å². The summed E-state index contributed by atoms with van der Waals surface area (Å²) in [7, 11) is 0. The van der Waals surface area contributed by atoms with Crippen LogP contribution in [0.25, 0.3) is 0 Å². The first kappa shape index (κ1) is 14.9. The summed E-state index contributed by atoms with van der Waals surface area (Å²) in [5.41, 5.74) is -1.78. The van der Waals surface area contributed by atoms with Crippen LogP contribution in [0.15, 0.2) is 18.2 Å². The lowest BCUT2D eigenvalue weighted by atomic mass is 9.89. The topological polar surface area (TPSA) is 17.1 Å². The number of carbonyl (C=O) groups is 1. The van der Waals surface area contributed by atoms with Gasteiger partial charge in [-0.15, -0.1) is 0 Å². The minimum atomic E-state index is -4.78. The number of benzene rings is 1. The number of ketones is 1. The van der Waals surface area contributed by atoms with Gasteiger partial charge in [0.05, 0.1) is 11.1 Å². The van der Waals surface area contributed by atoms with Gasteiger partial charge in [-0.1, -0.05) is 6.07 Å². The number of thioether (sulfide) groups is 1. The number of halogens is 4. The summed E-state index contributed by atoms with van der Waals surface area (Å²) < 4.78 is 52.2. The Morgan fingerprint density at radius 2 is 1.76 bits per heavy atom. The van der Waals surface area contributed by atoms with Crippen LogP contribution in [-0.2, 0) is 6.18 Å².